The Morgan fingerprint density at radius 1 is 1.16 bits per heavy atom. The van der Waals surface area contributed by atoms with Crippen LogP contribution in [0, 0.1) is 6.92 Å². The van der Waals surface area contributed by atoms with E-state index in [0.717, 1.165) is 5.56 Å². The highest BCUT2D eigenvalue weighted by atomic mass is 35.5. The summed E-state index contributed by atoms with van der Waals surface area (Å²) in [7, 11) is 1.76. The number of nitrogens with one attached hydrogen (secondary N) is 1. The predicted molar refractivity (Wildman–Crippen MR) is 121 cm³/mol. The van der Waals surface area contributed by atoms with Gasteiger partial charge in [0.05, 0.1) is 28.0 Å². The second kappa shape index (κ2) is 8.76. The number of carbonyl (C=O) groups excluding carboxylic acids is 2. The van der Waals surface area contributed by atoms with Crippen molar-refractivity contribution >= 4 is 40.2 Å². The van der Waals surface area contributed by atoms with E-state index in [1.165, 1.54) is 13.1 Å². The van der Waals surface area contributed by atoms with Crippen molar-refractivity contribution in [2.75, 3.05) is 5.32 Å². The van der Waals surface area contributed by atoms with Crippen LogP contribution in [0.25, 0.3) is 22.3 Å². The average Bonchev–Trinajstić information content (AvgIpc) is 3.08. The largest absolute Gasteiger partial charge is 0.449 e. The van der Waals surface area contributed by atoms with Crippen LogP contribution in [0.2, 0.25) is 5.15 Å². The van der Waals surface area contributed by atoms with Crippen LogP contribution in [0.5, 0.6) is 0 Å². The van der Waals surface area contributed by atoms with Crippen LogP contribution >= 0.6 is 11.6 Å². The number of aromatic nitrogens is 4. The molecule has 0 unspecified atom stereocenters. The summed E-state index contributed by atoms with van der Waals surface area (Å²) in [6, 6.07) is 14.4. The zero-order chi connectivity index (χ0) is 22.8. The molecule has 0 aliphatic rings. The van der Waals surface area contributed by atoms with E-state index in [2.05, 4.69) is 20.4 Å². The first-order valence-electron chi connectivity index (χ1n) is 9.87. The van der Waals surface area contributed by atoms with Gasteiger partial charge in [-0.05, 0) is 32.0 Å². The summed E-state index contributed by atoms with van der Waals surface area (Å²) in [6.07, 6.45) is 0.440. The van der Waals surface area contributed by atoms with Crippen LogP contribution < -0.4 is 5.32 Å². The molecule has 4 aromatic rings. The first-order valence-corrected chi connectivity index (χ1v) is 10.2. The summed E-state index contributed by atoms with van der Waals surface area (Å²) in [5.41, 5.74) is 3.27. The van der Waals surface area contributed by atoms with Crippen molar-refractivity contribution in [1.82, 2.24) is 19.7 Å². The van der Waals surface area contributed by atoms with Crippen LogP contribution in [0.1, 0.15) is 23.0 Å². The van der Waals surface area contributed by atoms with Crippen LogP contribution in [0.3, 0.4) is 0 Å². The maximum Gasteiger partial charge on any atom is 0.339 e. The number of pyridine rings is 2. The number of anilines is 1. The Balaban J connectivity index is 1.65. The number of ether oxygens (including phenoxy) is 1. The SMILES string of the molecule is Cc1nn(C)c2nc(-c3ccccc3)cc(C(=O)O[C@H](C)C(=O)Nc3cccnc3Cl)c12. The Kier molecular flexibility index (Phi) is 5.87. The molecule has 3 heterocycles. The second-order valence-electron chi connectivity index (χ2n) is 7.21. The lowest BCUT2D eigenvalue weighted by molar-refractivity contribution is -0.123. The normalized spacial score (nSPS) is 11.9. The van der Waals surface area contributed by atoms with Crippen LogP contribution in [0.4, 0.5) is 5.69 Å². The van der Waals surface area contributed by atoms with Gasteiger partial charge in [-0.2, -0.15) is 5.10 Å². The van der Waals surface area contributed by atoms with E-state index in [9.17, 15) is 9.59 Å². The number of esters is 1. The first kappa shape index (κ1) is 21.5. The maximum atomic E-state index is 13.1. The summed E-state index contributed by atoms with van der Waals surface area (Å²) in [5.74, 6) is -1.17. The summed E-state index contributed by atoms with van der Waals surface area (Å²) < 4.78 is 7.11. The van der Waals surface area contributed by atoms with Crippen molar-refractivity contribution in [3.05, 3.63) is 71.1 Å². The van der Waals surface area contributed by atoms with Gasteiger partial charge in [0.25, 0.3) is 5.91 Å². The number of amides is 1. The first-order chi connectivity index (χ1) is 15.3. The number of aryl methyl sites for hydroxylation is 2. The average molecular weight is 450 g/mol. The molecule has 9 heteroatoms. The summed E-state index contributed by atoms with van der Waals surface area (Å²) in [6.45, 7) is 3.29. The van der Waals surface area contributed by atoms with Gasteiger partial charge in [-0.3, -0.25) is 9.48 Å². The fraction of sp³-hybridized carbons (Fsp3) is 0.174. The van der Waals surface area contributed by atoms with E-state index < -0.39 is 18.0 Å². The minimum Gasteiger partial charge on any atom is -0.449 e. The number of halogens is 1. The molecule has 162 valence electrons. The third-order valence-corrected chi connectivity index (χ3v) is 5.23. The molecule has 0 aliphatic carbocycles. The Morgan fingerprint density at radius 2 is 1.91 bits per heavy atom. The third kappa shape index (κ3) is 4.17. The Labute approximate surface area is 189 Å². The van der Waals surface area contributed by atoms with Crippen molar-refractivity contribution in [3.63, 3.8) is 0 Å². The smallest absolute Gasteiger partial charge is 0.339 e. The standard InChI is InChI=1S/C23H20ClN5O3/c1-13-19-16(12-18(15-8-5-4-6-9-15)26-21(19)29(3)28-13)23(31)32-14(2)22(30)27-17-10-7-11-25-20(17)24/h4-12,14H,1-3H3,(H,27,30)/t14-/m1/s1. The second-order valence-corrected chi connectivity index (χ2v) is 7.57. The quantitative estimate of drug-likeness (QED) is 0.362. The van der Waals surface area contributed by atoms with Gasteiger partial charge in [0, 0.05) is 18.8 Å². The summed E-state index contributed by atoms with van der Waals surface area (Å²) >= 11 is 5.99. The molecule has 1 N–H and O–H groups in total. The minimum atomic E-state index is -1.07. The molecule has 0 radical (unpaired) electrons. The van der Waals surface area contributed by atoms with E-state index in [0.29, 0.717) is 33.7 Å². The van der Waals surface area contributed by atoms with E-state index in [-0.39, 0.29) is 5.15 Å². The molecule has 0 bridgehead atoms. The molecule has 3 aromatic heterocycles. The Bertz CT molecular complexity index is 1320. The number of fused-ring (bicyclic) bond motifs is 1. The van der Waals surface area contributed by atoms with E-state index in [1.807, 2.05) is 30.3 Å². The maximum absolute atomic E-state index is 13.1. The van der Waals surface area contributed by atoms with Gasteiger partial charge in [0.1, 0.15) is 0 Å². The van der Waals surface area contributed by atoms with Crippen molar-refractivity contribution in [2.45, 2.75) is 20.0 Å². The third-order valence-electron chi connectivity index (χ3n) is 4.93. The molecule has 0 aliphatic heterocycles. The molecule has 0 spiro atoms. The zero-order valence-corrected chi connectivity index (χ0v) is 18.4. The lowest BCUT2D eigenvalue weighted by Crippen LogP contribution is -2.30. The van der Waals surface area contributed by atoms with E-state index >= 15 is 0 Å². The van der Waals surface area contributed by atoms with E-state index in [1.54, 1.807) is 36.9 Å². The van der Waals surface area contributed by atoms with E-state index in [4.69, 9.17) is 16.3 Å². The van der Waals surface area contributed by atoms with Gasteiger partial charge >= 0.3 is 5.97 Å². The molecule has 0 saturated heterocycles. The number of benzene rings is 1. The molecule has 1 atom stereocenters. The van der Waals surface area contributed by atoms with Gasteiger partial charge < -0.3 is 10.1 Å². The van der Waals surface area contributed by atoms with Gasteiger partial charge in [0.15, 0.2) is 16.9 Å². The van der Waals surface area contributed by atoms with Crippen LogP contribution in [-0.4, -0.2) is 37.7 Å². The van der Waals surface area contributed by atoms with Crippen molar-refractivity contribution < 1.29 is 14.3 Å². The lowest BCUT2D eigenvalue weighted by Gasteiger charge is -2.15. The minimum absolute atomic E-state index is 0.147. The molecule has 1 amide bonds. The molecule has 8 nitrogen and oxygen atoms in total. The number of nitrogens with zero attached hydrogens (tertiary/aromatic N) is 4. The molecule has 4 rings (SSSR count). The number of hydrogen-bond donors (Lipinski definition) is 1. The highest BCUT2D eigenvalue weighted by Crippen LogP contribution is 2.27. The number of hydrogen-bond acceptors (Lipinski definition) is 6. The number of carbonyl (C=O) groups is 2. The fourth-order valence-corrected chi connectivity index (χ4v) is 3.52. The lowest BCUT2D eigenvalue weighted by atomic mass is 10.1. The Morgan fingerprint density at radius 3 is 2.62 bits per heavy atom. The van der Waals surface area contributed by atoms with Crippen molar-refractivity contribution in [1.29, 1.82) is 0 Å². The highest BCUT2D eigenvalue weighted by Gasteiger charge is 2.24. The summed E-state index contributed by atoms with van der Waals surface area (Å²) in [4.78, 5) is 34.3. The molecule has 0 fully saturated rings. The van der Waals surface area contributed by atoms with Crippen molar-refractivity contribution in [2.24, 2.45) is 7.05 Å². The Hall–Kier alpha value is -3.78. The summed E-state index contributed by atoms with van der Waals surface area (Å²) in [5, 5.41) is 7.74. The van der Waals surface area contributed by atoms with Gasteiger partial charge in [-0.1, -0.05) is 41.9 Å². The highest BCUT2D eigenvalue weighted by molar-refractivity contribution is 6.32. The fourth-order valence-electron chi connectivity index (χ4n) is 3.35. The molecule has 1 aromatic carbocycles. The van der Waals surface area contributed by atoms with Gasteiger partial charge in [0.2, 0.25) is 0 Å². The molecule has 0 saturated carbocycles. The monoisotopic (exact) mass is 449 g/mol. The molecular formula is C23H20ClN5O3. The van der Waals surface area contributed by atoms with Crippen LogP contribution in [-0.2, 0) is 16.6 Å². The van der Waals surface area contributed by atoms with Gasteiger partial charge in [-0.15, -0.1) is 0 Å². The zero-order valence-electron chi connectivity index (χ0n) is 17.7. The van der Waals surface area contributed by atoms with Gasteiger partial charge in [-0.25, -0.2) is 14.8 Å². The molecular weight excluding hydrogens is 430 g/mol. The van der Waals surface area contributed by atoms with Crippen LogP contribution in [0.15, 0.2) is 54.7 Å². The van der Waals surface area contributed by atoms with Crippen molar-refractivity contribution in [3.8, 4) is 11.3 Å². The molecule has 32 heavy (non-hydrogen) atoms. The topological polar surface area (TPSA) is 99.0 Å². The predicted octanol–water partition coefficient (Wildman–Crippen LogP) is 4.18. The number of rotatable bonds is 5.